The number of likely N-dealkylation sites (N-methyl/N-ethyl adjacent to an activating group) is 1. The summed E-state index contributed by atoms with van der Waals surface area (Å²) in [5.74, 6) is 1.20. The first kappa shape index (κ1) is 16.8. The molecule has 1 aliphatic heterocycles. The van der Waals surface area contributed by atoms with E-state index in [1.807, 2.05) is 48.5 Å². The van der Waals surface area contributed by atoms with E-state index in [0.29, 0.717) is 23.6 Å². The molecular formula is C19H20N2O4. The predicted octanol–water partition coefficient (Wildman–Crippen LogP) is 2.86. The van der Waals surface area contributed by atoms with E-state index in [4.69, 9.17) is 14.3 Å². The summed E-state index contributed by atoms with van der Waals surface area (Å²) in [6.07, 6.45) is -0.282. The highest BCUT2D eigenvalue weighted by atomic mass is 16.6. The molecule has 3 rings (SSSR count). The summed E-state index contributed by atoms with van der Waals surface area (Å²) >= 11 is 0. The molecule has 0 unspecified atom stereocenters. The number of hydrogen-bond acceptors (Lipinski definition) is 5. The van der Waals surface area contributed by atoms with Gasteiger partial charge in [-0.2, -0.15) is 0 Å². The summed E-state index contributed by atoms with van der Waals surface area (Å²) in [6, 6.07) is 14.9. The van der Waals surface area contributed by atoms with Crippen molar-refractivity contribution in [3.05, 3.63) is 54.1 Å². The van der Waals surface area contributed by atoms with Crippen LogP contribution in [0.15, 0.2) is 53.7 Å². The van der Waals surface area contributed by atoms with Gasteiger partial charge in [-0.05, 0) is 30.3 Å². The minimum absolute atomic E-state index is 0.146. The molecule has 1 amide bonds. The van der Waals surface area contributed by atoms with Gasteiger partial charge in [0.25, 0.3) is 5.91 Å². The number of anilines is 1. The van der Waals surface area contributed by atoms with Crippen LogP contribution in [0.4, 0.5) is 5.69 Å². The van der Waals surface area contributed by atoms with Crippen LogP contribution in [-0.4, -0.2) is 39.0 Å². The van der Waals surface area contributed by atoms with Gasteiger partial charge >= 0.3 is 0 Å². The van der Waals surface area contributed by atoms with E-state index in [1.165, 1.54) is 0 Å². The molecule has 6 nitrogen and oxygen atoms in total. The fraction of sp³-hybridized carbons (Fsp3) is 0.263. The first-order valence-electron chi connectivity index (χ1n) is 7.91. The third kappa shape index (κ3) is 3.42. The topological polar surface area (TPSA) is 60.4 Å². The highest BCUT2D eigenvalue weighted by Gasteiger charge is 2.32. The van der Waals surface area contributed by atoms with Crippen molar-refractivity contribution in [1.82, 2.24) is 0 Å². The van der Waals surface area contributed by atoms with Gasteiger partial charge in [-0.1, -0.05) is 23.4 Å². The van der Waals surface area contributed by atoms with Crippen LogP contribution in [0.5, 0.6) is 11.5 Å². The van der Waals surface area contributed by atoms with Crippen LogP contribution < -0.4 is 14.4 Å². The van der Waals surface area contributed by atoms with Crippen LogP contribution in [0.2, 0.25) is 0 Å². The molecule has 0 aromatic heterocycles. The number of rotatable bonds is 5. The number of nitrogens with zero attached hydrogens (tertiary/aromatic N) is 2. The van der Waals surface area contributed by atoms with Gasteiger partial charge in [0.15, 0.2) is 0 Å². The number of carbonyl (C=O) groups is 1. The second-order valence-corrected chi connectivity index (χ2v) is 5.64. The molecule has 130 valence electrons. The van der Waals surface area contributed by atoms with Gasteiger partial charge in [0.05, 0.1) is 19.9 Å². The number of carbonyl (C=O) groups excluding carboxylic acids is 1. The van der Waals surface area contributed by atoms with Gasteiger partial charge in [0.1, 0.15) is 11.5 Å². The highest BCUT2D eigenvalue weighted by molar-refractivity contribution is 6.08. The van der Waals surface area contributed by atoms with Crippen molar-refractivity contribution in [2.24, 2.45) is 5.16 Å². The van der Waals surface area contributed by atoms with Crippen molar-refractivity contribution in [2.45, 2.75) is 12.5 Å². The Labute approximate surface area is 146 Å². The minimum Gasteiger partial charge on any atom is -0.497 e. The van der Waals surface area contributed by atoms with E-state index in [2.05, 4.69) is 5.16 Å². The Hall–Kier alpha value is -3.02. The van der Waals surface area contributed by atoms with E-state index in [1.54, 1.807) is 26.2 Å². The maximum Gasteiger partial charge on any atom is 0.271 e. The molecule has 0 fully saturated rings. The van der Waals surface area contributed by atoms with Gasteiger partial charge in [-0.25, -0.2) is 0 Å². The number of hydrogen-bond donors (Lipinski definition) is 0. The molecule has 1 heterocycles. The van der Waals surface area contributed by atoms with Crippen molar-refractivity contribution in [2.75, 3.05) is 26.2 Å². The zero-order valence-corrected chi connectivity index (χ0v) is 14.4. The van der Waals surface area contributed by atoms with Crippen LogP contribution in [0, 0.1) is 0 Å². The summed E-state index contributed by atoms with van der Waals surface area (Å²) in [5.41, 5.74) is 2.23. The van der Waals surface area contributed by atoms with E-state index in [-0.39, 0.29) is 5.91 Å². The lowest BCUT2D eigenvalue weighted by Crippen LogP contribution is -2.36. The third-order valence-electron chi connectivity index (χ3n) is 4.14. The molecule has 0 aliphatic carbocycles. The van der Waals surface area contributed by atoms with Crippen molar-refractivity contribution in [3.63, 3.8) is 0 Å². The molecule has 6 heteroatoms. The van der Waals surface area contributed by atoms with Crippen LogP contribution in [0.25, 0.3) is 0 Å². The Balaban J connectivity index is 1.76. The fourth-order valence-corrected chi connectivity index (χ4v) is 2.70. The molecule has 0 saturated carbocycles. The Bertz CT molecular complexity index is 789. The molecule has 0 radical (unpaired) electrons. The van der Waals surface area contributed by atoms with Gasteiger partial charge in [-0.15, -0.1) is 0 Å². The quantitative estimate of drug-likeness (QED) is 0.840. The molecule has 0 bridgehead atoms. The lowest BCUT2D eigenvalue weighted by molar-refractivity contribution is -0.128. The molecule has 2 aromatic carbocycles. The molecule has 1 atom stereocenters. The molecule has 25 heavy (non-hydrogen) atoms. The monoisotopic (exact) mass is 340 g/mol. The van der Waals surface area contributed by atoms with Crippen molar-refractivity contribution >= 4 is 17.3 Å². The second kappa shape index (κ2) is 7.25. The highest BCUT2D eigenvalue weighted by Crippen LogP contribution is 2.29. The zero-order valence-electron chi connectivity index (χ0n) is 14.4. The number of oxime groups is 1. The molecular weight excluding hydrogens is 320 g/mol. The van der Waals surface area contributed by atoms with Crippen LogP contribution in [0.3, 0.4) is 0 Å². The van der Waals surface area contributed by atoms with E-state index < -0.39 is 6.10 Å². The van der Waals surface area contributed by atoms with Crippen LogP contribution in [-0.2, 0) is 9.63 Å². The van der Waals surface area contributed by atoms with Gasteiger partial charge in [0.2, 0.25) is 6.10 Å². The Morgan fingerprint density at radius 3 is 2.60 bits per heavy atom. The molecule has 0 spiro atoms. The third-order valence-corrected chi connectivity index (χ3v) is 4.14. The van der Waals surface area contributed by atoms with Crippen molar-refractivity contribution < 1.29 is 19.1 Å². The zero-order chi connectivity index (χ0) is 17.8. The lowest BCUT2D eigenvalue weighted by atomic mass is 10.0. The smallest absolute Gasteiger partial charge is 0.271 e. The average Bonchev–Trinajstić information content (AvgIpc) is 3.17. The minimum atomic E-state index is -0.656. The predicted molar refractivity (Wildman–Crippen MR) is 95.4 cm³/mol. The molecule has 0 N–H and O–H groups in total. The lowest BCUT2D eigenvalue weighted by Gasteiger charge is -2.19. The first-order valence-corrected chi connectivity index (χ1v) is 7.91. The Morgan fingerprint density at radius 2 is 1.92 bits per heavy atom. The molecule has 2 aromatic rings. The van der Waals surface area contributed by atoms with Crippen molar-refractivity contribution in [1.29, 1.82) is 0 Å². The van der Waals surface area contributed by atoms with Crippen LogP contribution >= 0.6 is 0 Å². The normalized spacial score (nSPS) is 16.0. The summed E-state index contributed by atoms with van der Waals surface area (Å²) < 4.78 is 10.6. The number of para-hydroxylation sites is 1. The van der Waals surface area contributed by atoms with Gasteiger partial charge in [-0.3, -0.25) is 4.79 Å². The largest absolute Gasteiger partial charge is 0.497 e. The average molecular weight is 340 g/mol. The second-order valence-electron chi connectivity index (χ2n) is 5.64. The van der Waals surface area contributed by atoms with Gasteiger partial charge in [0, 0.05) is 24.7 Å². The molecule has 0 saturated heterocycles. The number of ether oxygens (including phenoxy) is 2. The summed E-state index contributed by atoms with van der Waals surface area (Å²) in [7, 11) is 4.92. The number of benzene rings is 2. The van der Waals surface area contributed by atoms with Gasteiger partial charge < -0.3 is 19.2 Å². The van der Waals surface area contributed by atoms with Crippen molar-refractivity contribution in [3.8, 4) is 11.5 Å². The molecule has 1 aliphatic rings. The summed E-state index contributed by atoms with van der Waals surface area (Å²) in [6.45, 7) is 0. The number of amides is 1. The maximum absolute atomic E-state index is 12.7. The van der Waals surface area contributed by atoms with Crippen LogP contribution in [0.1, 0.15) is 12.0 Å². The first-order chi connectivity index (χ1) is 12.1. The standard InChI is InChI=1S/C19H20N2O4/c1-21(13-7-5-4-6-8-13)19(22)18-12-16(20-25-18)15-11-14(23-2)9-10-17(15)24-3/h4-11,18H,12H2,1-3H3/t18-/m1/s1. The van der Waals surface area contributed by atoms with E-state index in [0.717, 1.165) is 11.3 Å². The summed E-state index contributed by atoms with van der Waals surface area (Å²) in [4.78, 5) is 19.6. The summed E-state index contributed by atoms with van der Waals surface area (Å²) in [5, 5.41) is 4.10. The SMILES string of the molecule is COc1ccc(OC)c(C2=NO[C@@H](C(=O)N(C)c3ccccc3)C2)c1. The van der Waals surface area contributed by atoms with E-state index in [9.17, 15) is 4.79 Å². The Kier molecular flexibility index (Phi) is 4.88. The maximum atomic E-state index is 12.7. The fourth-order valence-electron chi connectivity index (χ4n) is 2.70. The number of methoxy groups -OCH3 is 2. The van der Waals surface area contributed by atoms with E-state index >= 15 is 0 Å². The Morgan fingerprint density at radius 1 is 1.16 bits per heavy atom.